The lowest BCUT2D eigenvalue weighted by Gasteiger charge is -2.16. The van der Waals surface area contributed by atoms with Crippen LogP contribution >= 0.6 is 0 Å². The van der Waals surface area contributed by atoms with Gasteiger partial charge in [0.15, 0.2) is 0 Å². The van der Waals surface area contributed by atoms with Crippen molar-refractivity contribution in [1.82, 2.24) is 0 Å². The van der Waals surface area contributed by atoms with Gasteiger partial charge in [0, 0.05) is 17.9 Å². The lowest BCUT2D eigenvalue weighted by atomic mass is 9.87. The SMILES string of the molecule is CC(C)c1cc2c(o1)CCCC2C(=O)O. The van der Waals surface area contributed by atoms with Crippen LogP contribution < -0.4 is 0 Å². The molecule has 0 spiro atoms. The maximum absolute atomic E-state index is 11.1. The summed E-state index contributed by atoms with van der Waals surface area (Å²) in [7, 11) is 0. The van der Waals surface area contributed by atoms with E-state index in [0.29, 0.717) is 5.92 Å². The molecule has 2 rings (SSSR count). The number of carbonyl (C=O) groups is 1. The van der Waals surface area contributed by atoms with Crippen LogP contribution in [0.1, 0.15) is 55.6 Å². The number of aliphatic carboxylic acids is 1. The van der Waals surface area contributed by atoms with E-state index >= 15 is 0 Å². The van der Waals surface area contributed by atoms with Crippen molar-refractivity contribution in [1.29, 1.82) is 0 Å². The first-order valence-corrected chi connectivity index (χ1v) is 5.45. The summed E-state index contributed by atoms with van der Waals surface area (Å²) in [5.41, 5.74) is 0.900. The van der Waals surface area contributed by atoms with E-state index < -0.39 is 5.97 Å². The van der Waals surface area contributed by atoms with Crippen molar-refractivity contribution in [2.45, 2.75) is 44.9 Å². The van der Waals surface area contributed by atoms with E-state index in [9.17, 15) is 4.79 Å². The van der Waals surface area contributed by atoms with Gasteiger partial charge >= 0.3 is 5.97 Å². The molecule has 1 heterocycles. The van der Waals surface area contributed by atoms with Gasteiger partial charge in [-0.15, -0.1) is 0 Å². The van der Waals surface area contributed by atoms with Crippen LogP contribution in [-0.2, 0) is 11.2 Å². The minimum absolute atomic E-state index is 0.324. The fourth-order valence-corrected chi connectivity index (χ4v) is 2.12. The van der Waals surface area contributed by atoms with Crippen LogP contribution in [0.5, 0.6) is 0 Å². The molecular weight excluding hydrogens is 192 g/mol. The van der Waals surface area contributed by atoms with Crippen molar-refractivity contribution in [3.8, 4) is 0 Å². The normalized spacial score (nSPS) is 20.3. The second-order valence-electron chi connectivity index (χ2n) is 4.47. The average Bonchev–Trinajstić information content (AvgIpc) is 2.60. The highest BCUT2D eigenvalue weighted by molar-refractivity contribution is 5.76. The molecular formula is C12H16O3. The highest BCUT2D eigenvalue weighted by atomic mass is 16.4. The van der Waals surface area contributed by atoms with Gasteiger partial charge in [0.2, 0.25) is 0 Å². The number of hydrogen-bond donors (Lipinski definition) is 1. The first-order valence-electron chi connectivity index (χ1n) is 5.45. The largest absolute Gasteiger partial charge is 0.481 e. The Hall–Kier alpha value is -1.25. The van der Waals surface area contributed by atoms with E-state index in [1.807, 2.05) is 6.07 Å². The number of rotatable bonds is 2. The van der Waals surface area contributed by atoms with E-state index in [1.54, 1.807) is 0 Å². The zero-order valence-electron chi connectivity index (χ0n) is 9.12. The molecule has 0 amide bonds. The first kappa shape index (κ1) is 10.3. The monoisotopic (exact) mass is 208 g/mol. The maximum Gasteiger partial charge on any atom is 0.311 e. The van der Waals surface area contributed by atoms with Gasteiger partial charge in [-0.05, 0) is 18.9 Å². The van der Waals surface area contributed by atoms with E-state index in [0.717, 1.165) is 36.3 Å². The third kappa shape index (κ3) is 1.78. The summed E-state index contributed by atoms with van der Waals surface area (Å²) < 4.78 is 5.68. The van der Waals surface area contributed by atoms with Gasteiger partial charge in [-0.2, -0.15) is 0 Å². The predicted molar refractivity (Wildman–Crippen MR) is 56.1 cm³/mol. The van der Waals surface area contributed by atoms with Gasteiger partial charge in [-0.1, -0.05) is 13.8 Å². The Labute approximate surface area is 89.1 Å². The van der Waals surface area contributed by atoms with E-state index in [-0.39, 0.29) is 5.92 Å². The molecule has 0 bridgehead atoms. The van der Waals surface area contributed by atoms with Gasteiger partial charge in [0.25, 0.3) is 0 Å². The standard InChI is InChI=1S/C12H16O3/c1-7(2)11-6-9-8(12(13)14)4-3-5-10(9)15-11/h6-8H,3-5H2,1-2H3,(H,13,14). The summed E-state index contributed by atoms with van der Waals surface area (Å²) in [6.07, 6.45) is 2.53. The number of furan rings is 1. The molecule has 1 aliphatic rings. The molecule has 3 nitrogen and oxygen atoms in total. The van der Waals surface area contributed by atoms with Gasteiger partial charge < -0.3 is 9.52 Å². The van der Waals surface area contributed by atoms with Crippen LogP contribution in [-0.4, -0.2) is 11.1 Å². The number of hydrogen-bond acceptors (Lipinski definition) is 2. The quantitative estimate of drug-likeness (QED) is 0.813. The molecule has 3 heteroatoms. The Kier molecular flexibility index (Phi) is 2.55. The van der Waals surface area contributed by atoms with E-state index in [1.165, 1.54) is 0 Å². The van der Waals surface area contributed by atoms with Gasteiger partial charge in [-0.25, -0.2) is 0 Å². The summed E-state index contributed by atoms with van der Waals surface area (Å²) in [5.74, 6) is 1.03. The van der Waals surface area contributed by atoms with Crippen LogP contribution in [0.25, 0.3) is 0 Å². The zero-order chi connectivity index (χ0) is 11.0. The molecule has 1 N–H and O–H groups in total. The van der Waals surface area contributed by atoms with Crippen molar-refractivity contribution in [3.63, 3.8) is 0 Å². The number of carboxylic acid groups (broad SMARTS) is 1. The van der Waals surface area contributed by atoms with Crippen molar-refractivity contribution >= 4 is 5.97 Å². The van der Waals surface area contributed by atoms with Crippen LogP contribution in [0.15, 0.2) is 10.5 Å². The highest BCUT2D eigenvalue weighted by Crippen LogP contribution is 2.35. The summed E-state index contributed by atoms with van der Waals surface area (Å²) in [6, 6.07) is 1.93. The molecule has 0 saturated carbocycles. The Morgan fingerprint density at radius 3 is 2.93 bits per heavy atom. The molecule has 1 atom stereocenters. The first-order chi connectivity index (χ1) is 7.09. The summed E-state index contributed by atoms with van der Waals surface area (Å²) >= 11 is 0. The Bertz CT molecular complexity index is 376. The van der Waals surface area contributed by atoms with Gasteiger partial charge in [0.05, 0.1) is 5.92 Å². The van der Waals surface area contributed by atoms with Crippen LogP contribution in [0, 0.1) is 0 Å². The summed E-state index contributed by atoms with van der Waals surface area (Å²) in [6.45, 7) is 4.11. The van der Waals surface area contributed by atoms with Crippen molar-refractivity contribution in [3.05, 3.63) is 23.2 Å². The third-order valence-electron chi connectivity index (χ3n) is 3.00. The number of carboxylic acids is 1. The number of aryl methyl sites for hydroxylation is 1. The van der Waals surface area contributed by atoms with Gasteiger partial charge in [-0.3, -0.25) is 4.79 Å². The second-order valence-corrected chi connectivity index (χ2v) is 4.47. The summed E-state index contributed by atoms with van der Waals surface area (Å²) in [5, 5.41) is 9.09. The molecule has 0 radical (unpaired) electrons. The van der Waals surface area contributed by atoms with Crippen molar-refractivity contribution in [2.24, 2.45) is 0 Å². The molecule has 0 aromatic carbocycles. The van der Waals surface area contributed by atoms with Crippen LogP contribution in [0.4, 0.5) is 0 Å². The fourth-order valence-electron chi connectivity index (χ4n) is 2.12. The average molecular weight is 208 g/mol. The van der Waals surface area contributed by atoms with Crippen LogP contribution in [0.3, 0.4) is 0 Å². The minimum Gasteiger partial charge on any atom is -0.481 e. The molecule has 82 valence electrons. The van der Waals surface area contributed by atoms with E-state index in [4.69, 9.17) is 9.52 Å². The molecule has 1 unspecified atom stereocenters. The lowest BCUT2D eigenvalue weighted by Crippen LogP contribution is -2.16. The van der Waals surface area contributed by atoms with E-state index in [2.05, 4.69) is 13.8 Å². The third-order valence-corrected chi connectivity index (χ3v) is 3.00. The lowest BCUT2D eigenvalue weighted by molar-refractivity contribution is -0.139. The molecule has 1 aliphatic carbocycles. The molecule has 0 fully saturated rings. The second kappa shape index (κ2) is 3.72. The zero-order valence-corrected chi connectivity index (χ0v) is 9.12. The Morgan fingerprint density at radius 2 is 2.33 bits per heavy atom. The Balaban J connectivity index is 2.38. The van der Waals surface area contributed by atoms with Crippen LogP contribution in [0.2, 0.25) is 0 Å². The highest BCUT2D eigenvalue weighted by Gasteiger charge is 2.29. The number of fused-ring (bicyclic) bond motifs is 1. The fraction of sp³-hybridized carbons (Fsp3) is 0.583. The summed E-state index contributed by atoms with van der Waals surface area (Å²) in [4.78, 5) is 11.1. The topological polar surface area (TPSA) is 50.4 Å². The molecule has 0 aliphatic heterocycles. The van der Waals surface area contributed by atoms with Crippen molar-refractivity contribution < 1.29 is 14.3 Å². The molecule has 0 saturated heterocycles. The Morgan fingerprint density at radius 1 is 1.60 bits per heavy atom. The smallest absolute Gasteiger partial charge is 0.311 e. The van der Waals surface area contributed by atoms with Crippen molar-refractivity contribution in [2.75, 3.05) is 0 Å². The predicted octanol–water partition coefficient (Wildman–Crippen LogP) is 2.91. The maximum atomic E-state index is 11.1. The molecule has 1 aromatic rings. The molecule has 1 aromatic heterocycles. The minimum atomic E-state index is -0.730. The van der Waals surface area contributed by atoms with Gasteiger partial charge in [0.1, 0.15) is 11.5 Å². The molecule has 15 heavy (non-hydrogen) atoms.